The summed E-state index contributed by atoms with van der Waals surface area (Å²) in [5.41, 5.74) is 11.8. The molecule has 0 saturated heterocycles. The van der Waals surface area contributed by atoms with Crippen LogP contribution < -0.4 is 4.90 Å². The summed E-state index contributed by atoms with van der Waals surface area (Å²) in [4.78, 5) is 2.30. The quantitative estimate of drug-likeness (QED) is 0.196. The molecule has 0 fully saturated rings. The first-order valence-corrected chi connectivity index (χ1v) is 15.0. The molecule has 44 heavy (non-hydrogen) atoms. The number of benzene rings is 7. The second kappa shape index (κ2) is 11.1. The highest BCUT2D eigenvalue weighted by Gasteiger charge is 2.14. The zero-order valence-corrected chi connectivity index (χ0v) is 24.2. The van der Waals surface area contributed by atoms with E-state index in [0.717, 1.165) is 17.1 Å². The highest BCUT2D eigenvalue weighted by Crippen LogP contribution is 2.38. The molecule has 2 nitrogen and oxygen atoms in total. The highest BCUT2D eigenvalue weighted by molar-refractivity contribution is 6.10. The van der Waals surface area contributed by atoms with Gasteiger partial charge in [0.25, 0.3) is 0 Å². The number of anilines is 3. The Morgan fingerprint density at radius 3 is 1.48 bits per heavy atom. The SMILES string of the molecule is c1ccc(N(c2ccccc2)c2cccc(-c3ccc(-c4ccc5c6ccccc6n(-c6ccccc6)c5c4)cc3)c2)cc1. The first-order chi connectivity index (χ1) is 21.8. The van der Waals surface area contributed by atoms with E-state index in [1.807, 2.05) is 0 Å². The van der Waals surface area contributed by atoms with Crippen molar-refractivity contribution in [1.82, 2.24) is 4.57 Å². The molecule has 8 aromatic rings. The number of para-hydroxylation sites is 4. The van der Waals surface area contributed by atoms with Crippen molar-refractivity contribution in [2.75, 3.05) is 4.90 Å². The molecule has 0 N–H and O–H groups in total. The molecule has 8 rings (SSSR count). The van der Waals surface area contributed by atoms with E-state index < -0.39 is 0 Å². The molecule has 1 aromatic heterocycles. The fraction of sp³-hybridized carbons (Fsp3) is 0. The fourth-order valence-electron chi connectivity index (χ4n) is 6.29. The monoisotopic (exact) mass is 562 g/mol. The lowest BCUT2D eigenvalue weighted by molar-refractivity contribution is 1.18. The van der Waals surface area contributed by atoms with Crippen molar-refractivity contribution in [2.24, 2.45) is 0 Å². The molecule has 0 spiro atoms. The van der Waals surface area contributed by atoms with E-state index >= 15 is 0 Å². The Bertz CT molecular complexity index is 2160. The van der Waals surface area contributed by atoms with Crippen molar-refractivity contribution in [1.29, 1.82) is 0 Å². The van der Waals surface area contributed by atoms with Gasteiger partial charge in [-0.3, -0.25) is 0 Å². The van der Waals surface area contributed by atoms with E-state index in [9.17, 15) is 0 Å². The maximum Gasteiger partial charge on any atom is 0.0547 e. The fourth-order valence-corrected chi connectivity index (χ4v) is 6.29. The van der Waals surface area contributed by atoms with Gasteiger partial charge in [-0.2, -0.15) is 0 Å². The molecule has 0 bridgehead atoms. The Morgan fingerprint density at radius 1 is 0.318 bits per heavy atom. The number of hydrogen-bond acceptors (Lipinski definition) is 1. The zero-order valence-electron chi connectivity index (χ0n) is 24.2. The summed E-state index contributed by atoms with van der Waals surface area (Å²) < 4.78 is 2.37. The van der Waals surface area contributed by atoms with Gasteiger partial charge in [-0.1, -0.05) is 121 Å². The Labute approximate surface area is 257 Å². The van der Waals surface area contributed by atoms with Gasteiger partial charge in [0, 0.05) is 33.5 Å². The first kappa shape index (κ1) is 25.8. The lowest BCUT2D eigenvalue weighted by Crippen LogP contribution is -2.09. The smallest absolute Gasteiger partial charge is 0.0547 e. The number of hydrogen-bond donors (Lipinski definition) is 0. The normalized spacial score (nSPS) is 11.2. The van der Waals surface area contributed by atoms with Crippen molar-refractivity contribution >= 4 is 38.9 Å². The Hall–Kier alpha value is -5.86. The second-order valence-electron chi connectivity index (χ2n) is 11.1. The van der Waals surface area contributed by atoms with E-state index in [2.05, 4.69) is 191 Å². The third-order valence-electron chi connectivity index (χ3n) is 8.37. The van der Waals surface area contributed by atoms with Crippen LogP contribution in [0.15, 0.2) is 182 Å². The van der Waals surface area contributed by atoms with E-state index in [1.165, 1.54) is 49.7 Å². The molecule has 0 atom stereocenters. The molecule has 0 amide bonds. The lowest BCUT2D eigenvalue weighted by atomic mass is 9.99. The van der Waals surface area contributed by atoms with Crippen LogP contribution in [-0.2, 0) is 0 Å². The predicted molar refractivity (Wildman–Crippen MR) is 186 cm³/mol. The summed E-state index contributed by atoms with van der Waals surface area (Å²) in [6, 6.07) is 65.0. The van der Waals surface area contributed by atoms with E-state index in [0.29, 0.717) is 0 Å². The molecule has 0 unspecified atom stereocenters. The third-order valence-corrected chi connectivity index (χ3v) is 8.37. The summed E-state index contributed by atoms with van der Waals surface area (Å²) in [7, 11) is 0. The number of fused-ring (bicyclic) bond motifs is 3. The van der Waals surface area contributed by atoms with E-state index in [-0.39, 0.29) is 0 Å². The van der Waals surface area contributed by atoms with Crippen LogP contribution in [0, 0.1) is 0 Å². The Balaban J connectivity index is 1.17. The van der Waals surface area contributed by atoms with Gasteiger partial charge < -0.3 is 9.47 Å². The zero-order chi connectivity index (χ0) is 29.3. The number of rotatable bonds is 6. The molecule has 1 heterocycles. The standard InChI is InChI=1S/C42H30N2/c1-4-14-35(15-5-1)43(36-16-6-2-7-17-36)38-20-12-13-33(29-38)31-23-25-32(26-24-31)34-27-28-40-39-21-10-11-22-41(39)44(42(40)30-34)37-18-8-3-9-19-37/h1-30H. The summed E-state index contributed by atoms with van der Waals surface area (Å²) in [6.45, 7) is 0. The third kappa shape index (κ3) is 4.63. The van der Waals surface area contributed by atoms with Crippen LogP contribution in [0.3, 0.4) is 0 Å². The van der Waals surface area contributed by atoms with Crippen LogP contribution in [0.2, 0.25) is 0 Å². The Morgan fingerprint density at radius 2 is 0.818 bits per heavy atom. The van der Waals surface area contributed by atoms with Crippen molar-refractivity contribution in [3.05, 3.63) is 182 Å². The van der Waals surface area contributed by atoms with Crippen LogP contribution in [0.25, 0.3) is 49.7 Å². The molecule has 7 aromatic carbocycles. The first-order valence-electron chi connectivity index (χ1n) is 15.0. The number of aromatic nitrogens is 1. The average Bonchev–Trinajstić information content (AvgIpc) is 3.44. The van der Waals surface area contributed by atoms with Crippen molar-refractivity contribution in [3.63, 3.8) is 0 Å². The molecule has 0 aliphatic heterocycles. The van der Waals surface area contributed by atoms with Gasteiger partial charge in [0.1, 0.15) is 0 Å². The lowest BCUT2D eigenvalue weighted by Gasteiger charge is -2.25. The van der Waals surface area contributed by atoms with Crippen molar-refractivity contribution < 1.29 is 0 Å². The summed E-state index contributed by atoms with van der Waals surface area (Å²) in [5, 5.41) is 2.54. The molecule has 0 aliphatic rings. The average molecular weight is 563 g/mol. The second-order valence-corrected chi connectivity index (χ2v) is 11.1. The summed E-state index contributed by atoms with van der Waals surface area (Å²) >= 11 is 0. The molecule has 208 valence electrons. The van der Waals surface area contributed by atoms with Crippen LogP contribution in [0.4, 0.5) is 17.1 Å². The minimum Gasteiger partial charge on any atom is -0.310 e. The van der Waals surface area contributed by atoms with Gasteiger partial charge >= 0.3 is 0 Å². The maximum atomic E-state index is 2.37. The summed E-state index contributed by atoms with van der Waals surface area (Å²) in [5.74, 6) is 0. The minimum absolute atomic E-state index is 1.13. The van der Waals surface area contributed by atoms with Crippen LogP contribution in [0.1, 0.15) is 0 Å². The molecule has 0 saturated carbocycles. The summed E-state index contributed by atoms with van der Waals surface area (Å²) in [6.07, 6.45) is 0. The van der Waals surface area contributed by atoms with Gasteiger partial charge in [0.05, 0.1) is 11.0 Å². The highest BCUT2D eigenvalue weighted by atomic mass is 15.1. The molecule has 2 heteroatoms. The van der Waals surface area contributed by atoms with Gasteiger partial charge in [-0.05, 0) is 82.9 Å². The maximum absolute atomic E-state index is 2.37. The van der Waals surface area contributed by atoms with Crippen LogP contribution in [0.5, 0.6) is 0 Å². The van der Waals surface area contributed by atoms with Gasteiger partial charge in [-0.25, -0.2) is 0 Å². The Kier molecular flexibility index (Phi) is 6.51. The molecule has 0 aliphatic carbocycles. The van der Waals surface area contributed by atoms with Gasteiger partial charge in [-0.15, -0.1) is 0 Å². The van der Waals surface area contributed by atoms with E-state index in [1.54, 1.807) is 0 Å². The minimum atomic E-state index is 1.13. The van der Waals surface area contributed by atoms with E-state index in [4.69, 9.17) is 0 Å². The van der Waals surface area contributed by atoms with Crippen LogP contribution in [-0.4, -0.2) is 4.57 Å². The van der Waals surface area contributed by atoms with Gasteiger partial charge in [0.2, 0.25) is 0 Å². The van der Waals surface area contributed by atoms with Crippen LogP contribution >= 0.6 is 0 Å². The molecular weight excluding hydrogens is 532 g/mol. The molecule has 0 radical (unpaired) electrons. The largest absolute Gasteiger partial charge is 0.310 e. The van der Waals surface area contributed by atoms with Crippen molar-refractivity contribution in [2.45, 2.75) is 0 Å². The predicted octanol–water partition coefficient (Wildman–Crippen LogP) is 11.6. The van der Waals surface area contributed by atoms with Gasteiger partial charge in [0.15, 0.2) is 0 Å². The van der Waals surface area contributed by atoms with Crippen molar-refractivity contribution in [3.8, 4) is 27.9 Å². The topological polar surface area (TPSA) is 8.17 Å². The number of nitrogens with zero attached hydrogens (tertiary/aromatic N) is 2. The molecular formula is C42H30N2.